The molecule has 0 saturated heterocycles. The second-order valence-corrected chi connectivity index (χ2v) is 4.58. The molecule has 0 spiro atoms. The Bertz CT molecular complexity index is 608. The smallest absolute Gasteiger partial charge is 0.256 e. The fourth-order valence-electron chi connectivity index (χ4n) is 1.61. The zero-order valence-corrected chi connectivity index (χ0v) is 11.6. The molecule has 0 bridgehead atoms. The number of amides is 1. The molecule has 0 aliphatic heterocycles. The van der Waals surface area contributed by atoms with Gasteiger partial charge in [-0.25, -0.2) is 9.67 Å². The van der Waals surface area contributed by atoms with Crippen molar-refractivity contribution in [1.29, 1.82) is 0 Å². The number of carbonyl (C=O) groups excluding carboxylic acids is 1. The number of aromatic nitrogens is 3. The third-order valence-electron chi connectivity index (χ3n) is 2.56. The summed E-state index contributed by atoms with van der Waals surface area (Å²) in [4.78, 5) is 17.5. The number of hydrogen-bond acceptors (Lipinski definition) is 4. The minimum absolute atomic E-state index is 0.105. The molecule has 1 N–H and O–H groups in total. The Kier molecular flexibility index (Phi) is 3.71. The maximum absolute atomic E-state index is 11.8. The van der Waals surface area contributed by atoms with Crippen molar-refractivity contribution in [2.75, 3.05) is 26.5 Å². The lowest BCUT2D eigenvalue weighted by atomic mass is 10.3. The summed E-state index contributed by atoms with van der Waals surface area (Å²) in [6.45, 7) is 0. The van der Waals surface area contributed by atoms with Gasteiger partial charge < -0.3 is 10.2 Å². The molecule has 0 aliphatic rings. The van der Waals surface area contributed by atoms with Crippen LogP contribution in [0.2, 0.25) is 5.02 Å². The van der Waals surface area contributed by atoms with Gasteiger partial charge >= 0.3 is 0 Å². The summed E-state index contributed by atoms with van der Waals surface area (Å²) in [7, 11) is 5.16. The first kappa shape index (κ1) is 13.4. The third kappa shape index (κ3) is 2.68. The van der Waals surface area contributed by atoms with Gasteiger partial charge in [0, 0.05) is 33.5 Å². The highest BCUT2D eigenvalue weighted by molar-refractivity contribution is 6.30. The molecule has 0 aromatic carbocycles. The first-order valence-corrected chi connectivity index (χ1v) is 6.00. The lowest BCUT2D eigenvalue weighted by Crippen LogP contribution is -2.21. The molecule has 7 heteroatoms. The molecular formula is C12H14ClN5O. The molecule has 0 fully saturated rings. The molecule has 1 amide bonds. The lowest BCUT2D eigenvalue weighted by molar-refractivity contribution is 0.0827. The van der Waals surface area contributed by atoms with Gasteiger partial charge in [0.25, 0.3) is 5.91 Å². The monoisotopic (exact) mass is 279 g/mol. The Morgan fingerprint density at radius 1 is 1.42 bits per heavy atom. The number of nitrogens with one attached hydrogen (secondary N) is 1. The molecule has 19 heavy (non-hydrogen) atoms. The summed E-state index contributed by atoms with van der Waals surface area (Å²) in [6.07, 6.45) is 4.68. The predicted molar refractivity (Wildman–Crippen MR) is 73.9 cm³/mol. The van der Waals surface area contributed by atoms with E-state index in [4.69, 9.17) is 11.6 Å². The van der Waals surface area contributed by atoms with E-state index >= 15 is 0 Å². The van der Waals surface area contributed by atoms with Gasteiger partial charge in [-0.3, -0.25) is 4.79 Å². The van der Waals surface area contributed by atoms with E-state index in [2.05, 4.69) is 15.4 Å². The Hall–Kier alpha value is -2.08. The SMILES string of the molecule is CNc1cc(Cl)cnc1-n1cc(C(=O)N(C)C)cn1. The van der Waals surface area contributed by atoms with Gasteiger partial charge in [0.15, 0.2) is 5.82 Å². The van der Waals surface area contributed by atoms with Gasteiger partial charge in [0.2, 0.25) is 0 Å². The third-order valence-corrected chi connectivity index (χ3v) is 2.76. The highest BCUT2D eigenvalue weighted by Gasteiger charge is 2.13. The van der Waals surface area contributed by atoms with Crippen molar-refractivity contribution in [2.24, 2.45) is 0 Å². The molecule has 2 aromatic rings. The molecule has 0 aliphatic carbocycles. The summed E-state index contributed by atoms with van der Waals surface area (Å²) >= 11 is 5.89. The minimum Gasteiger partial charge on any atom is -0.385 e. The standard InChI is InChI=1S/C12H14ClN5O/c1-14-10-4-9(13)6-15-11(10)18-7-8(5-16-18)12(19)17(2)3/h4-7,14H,1-3H3. The summed E-state index contributed by atoms with van der Waals surface area (Å²) in [6, 6.07) is 1.75. The number of halogens is 1. The molecule has 6 nitrogen and oxygen atoms in total. The van der Waals surface area contributed by atoms with Crippen LogP contribution in [0.3, 0.4) is 0 Å². The second kappa shape index (κ2) is 5.27. The summed E-state index contributed by atoms with van der Waals surface area (Å²) in [5.74, 6) is 0.482. The average molecular weight is 280 g/mol. The summed E-state index contributed by atoms with van der Waals surface area (Å²) in [5.41, 5.74) is 1.24. The Morgan fingerprint density at radius 3 is 2.79 bits per heavy atom. The molecule has 0 radical (unpaired) electrons. The highest BCUT2D eigenvalue weighted by Crippen LogP contribution is 2.21. The Morgan fingerprint density at radius 2 is 2.16 bits per heavy atom. The van der Waals surface area contributed by atoms with Gasteiger partial charge in [-0.15, -0.1) is 0 Å². The van der Waals surface area contributed by atoms with Crippen LogP contribution in [-0.2, 0) is 0 Å². The molecule has 0 unspecified atom stereocenters. The maximum atomic E-state index is 11.8. The minimum atomic E-state index is -0.105. The van der Waals surface area contributed by atoms with E-state index in [-0.39, 0.29) is 5.91 Å². The van der Waals surface area contributed by atoms with E-state index in [1.54, 1.807) is 38.1 Å². The van der Waals surface area contributed by atoms with Crippen molar-refractivity contribution >= 4 is 23.2 Å². The molecule has 2 aromatic heterocycles. The summed E-state index contributed by atoms with van der Waals surface area (Å²) in [5, 5.41) is 7.68. The first-order valence-electron chi connectivity index (χ1n) is 5.63. The predicted octanol–water partition coefficient (Wildman–Crippen LogP) is 1.66. The Balaban J connectivity index is 2.41. The molecule has 0 atom stereocenters. The van der Waals surface area contributed by atoms with Crippen LogP contribution in [0.5, 0.6) is 0 Å². The molecular weight excluding hydrogens is 266 g/mol. The molecule has 2 heterocycles. The van der Waals surface area contributed by atoms with Crippen LogP contribution in [0.15, 0.2) is 24.7 Å². The first-order chi connectivity index (χ1) is 9.02. The average Bonchev–Trinajstić information content (AvgIpc) is 2.86. The topological polar surface area (TPSA) is 63.1 Å². The number of nitrogens with zero attached hydrogens (tertiary/aromatic N) is 4. The van der Waals surface area contributed by atoms with E-state index in [0.717, 1.165) is 5.69 Å². The van der Waals surface area contributed by atoms with E-state index in [9.17, 15) is 4.79 Å². The van der Waals surface area contributed by atoms with Crippen molar-refractivity contribution in [3.63, 3.8) is 0 Å². The van der Waals surface area contributed by atoms with Crippen LogP contribution in [0.25, 0.3) is 5.82 Å². The fraction of sp³-hybridized carbons (Fsp3) is 0.250. The molecule has 0 saturated carbocycles. The van der Waals surface area contributed by atoms with Gasteiger partial charge in [0.1, 0.15) is 0 Å². The highest BCUT2D eigenvalue weighted by atomic mass is 35.5. The van der Waals surface area contributed by atoms with Gasteiger partial charge in [-0.05, 0) is 6.07 Å². The van der Waals surface area contributed by atoms with Crippen molar-refractivity contribution in [3.05, 3.63) is 35.2 Å². The van der Waals surface area contributed by atoms with E-state index < -0.39 is 0 Å². The number of pyridine rings is 1. The second-order valence-electron chi connectivity index (χ2n) is 4.15. The summed E-state index contributed by atoms with van der Waals surface area (Å²) < 4.78 is 1.54. The van der Waals surface area contributed by atoms with Crippen LogP contribution in [-0.4, -0.2) is 46.7 Å². The zero-order valence-electron chi connectivity index (χ0n) is 10.9. The van der Waals surface area contributed by atoms with E-state index in [1.807, 2.05) is 0 Å². The van der Waals surface area contributed by atoms with Gasteiger partial charge in [-0.2, -0.15) is 5.10 Å². The van der Waals surface area contributed by atoms with Gasteiger partial charge in [-0.1, -0.05) is 11.6 Å². The number of rotatable bonds is 3. The van der Waals surface area contributed by atoms with E-state index in [1.165, 1.54) is 17.3 Å². The van der Waals surface area contributed by atoms with Crippen LogP contribution in [0, 0.1) is 0 Å². The normalized spacial score (nSPS) is 10.3. The van der Waals surface area contributed by atoms with Crippen molar-refractivity contribution in [2.45, 2.75) is 0 Å². The van der Waals surface area contributed by atoms with Crippen LogP contribution < -0.4 is 5.32 Å². The lowest BCUT2D eigenvalue weighted by Gasteiger charge is -2.08. The fourth-order valence-corrected chi connectivity index (χ4v) is 1.76. The van der Waals surface area contributed by atoms with E-state index in [0.29, 0.717) is 16.4 Å². The quantitative estimate of drug-likeness (QED) is 0.928. The number of carbonyl (C=O) groups is 1. The largest absolute Gasteiger partial charge is 0.385 e. The zero-order chi connectivity index (χ0) is 14.0. The van der Waals surface area contributed by atoms with Crippen LogP contribution in [0.4, 0.5) is 5.69 Å². The Labute approximate surface area is 116 Å². The van der Waals surface area contributed by atoms with Crippen LogP contribution in [0.1, 0.15) is 10.4 Å². The van der Waals surface area contributed by atoms with Crippen molar-refractivity contribution in [1.82, 2.24) is 19.7 Å². The number of hydrogen-bond donors (Lipinski definition) is 1. The maximum Gasteiger partial charge on any atom is 0.256 e. The van der Waals surface area contributed by atoms with Gasteiger partial charge in [0.05, 0.1) is 22.5 Å². The molecule has 2 rings (SSSR count). The van der Waals surface area contributed by atoms with Crippen molar-refractivity contribution in [3.8, 4) is 5.82 Å². The number of anilines is 1. The van der Waals surface area contributed by atoms with Crippen LogP contribution >= 0.6 is 11.6 Å². The van der Waals surface area contributed by atoms with Crippen molar-refractivity contribution < 1.29 is 4.79 Å². The molecule has 100 valence electrons.